The highest BCUT2D eigenvalue weighted by Crippen LogP contribution is 2.35. The van der Waals surface area contributed by atoms with Crippen LogP contribution in [-0.2, 0) is 9.53 Å². The first-order chi connectivity index (χ1) is 16.1. The van der Waals surface area contributed by atoms with Crippen molar-refractivity contribution < 1.29 is 33.3 Å². The summed E-state index contributed by atoms with van der Waals surface area (Å²) in [6.45, 7) is 6.66. The number of ketones is 2. The van der Waals surface area contributed by atoms with Crippen LogP contribution < -0.4 is 14.2 Å². The Hall–Kier alpha value is -3.94. The van der Waals surface area contributed by atoms with Crippen molar-refractivity contribution in [2.24, 2.45) is 0 Å². The van der Waals surface area contributed by atoms with Gasteiger partial charge in [0, 0.05) is 22.5 Å². The lowest BCUT2D eigenvalue weighted by Crippen LogP contribution is -2.36. The number of methoxy groups -OCH3 is 2. The minimum absolute atomic E-state index is 0.118. The maximum absolute atomic E-state index is 13.5. The Labute approximate surface area is 197 Å². The third-order valence-corrected chi connectivity index (χ3v) is 5.42. The van der Waals surface area contributed by atoms with Crippen LogP contribution in [0.25, 0.3) is 10.8 Å². The van der Waals surface area contributed by atoms with Crippen molar-refractivity contribution in [3.8, 4) is 17.2 Å². The van der Waals surface area contributed by atoms with Gasteiger partial charge < -0.3 is 18.9 Å². The molecule has 0 fully saturated rings. The molecule has 0 radical (unpaired) electrons. The van der Waals surface area contributed by atoms with E-state index in [4.69, 9.17) is 18.9 Å². The molecule has 0 aliphatic carbocycles. The molecule has 1 heterocycles. The largest absolute Gasteiger partial charge is 0.493 e. The highest BCUT2D eigenvalue weighted by atomic mass is 16.5. The molecular weight excluding hydrogens is 438 g/mol. The number of hydrogen-bond donors (Lipinski definition) is 0. The molecule has 8 nitrogen and oxygen atoms in total. The number of pyridine rings is 1. The lowest BCUT2D eigenvalue weighted by molar-refractivity contribution is -0.129. The fourth-order valence-electron chi connectivity index (χ4n) is 3.32. The van der Waals surface area contributed by atoms with Crippen LogP contribution in [-0.4, -0.2) is 48.9 Å². The summed E-state index contributed by atoms with van der Waals surface area (Å²) in [4.78, 5) is 42.2. The average Bonchev–Trinajstić information content (AvgIpc) is 2.81. The zero-order chi connectivity index (χ0) is 25.0. The quantitative estimate of drug-likeness (QED) is 0.338. The molecule has 0 aliphatic heterocycles. The van der Waals surface area contributed by atoms with E-state index < -0.39 is 17.4 Å². The molecule has 0 amide bonds. The second-order valence-corrected chi connectivity index (χ2v) is 8.02. The van der Waals surface area contributed by atoms with Crippen LogP contribution in [0.4, 0.5) is 0 Å². The molecule has 34 heavy (non-hydrogen) atoms. The van der Waals surface area contributed by atoms with Crippen molar-refractivity contribution in [2.75, 3.05) is 20.8 Å². The number of nitrogens with zero attached hydrogens (tertiary/aromatic N) is 1. The summed E-state index contributed by atoms with van der Waals surface area (Å²) >= 11 is 0. The van der Waals surface area contributed by atoms with Crippen LogP contribution in [0.15, 0.2) is 42.6 Å². The molecule has 3 rings (SSSR count). The highest BCUT2D eigenvalue weighted by Gasteiger charge is 2.27. The number of carbonyl (C=O) groups is 3. The average molecular weight is 466 g/mol. The molecule has 0 atom stereocenters. The number of hydrogen-bond acceptors (Lipinski definition) is 8. The molecule has 0 aliphatic rings. The summed E-state index contributed by atoms with van der Waals surface area (Å²) < 4.78 is 21.7. The predicted molar refractivity (Wildman–Crippen MR) is 126 cm³/mol. The molecule has 0 saturated carbocycles. The maximum Gasteiger partial charge on any atom is 0.340 e. The van der Waals surface area contributed by atoms with Gasteiger partial charge in [-0.25, -0.2) is 4.79 Å². The van der Waals surface area contributed by atoms with Crippen LogP contribution in [0.2, 0.25) is 0 Å². The minimum Gasteiger partial charge on any atom is -0.493 e. The Morgan fingerprint density at radius 1 is 0.971 bits per heavy atom. The van der Waals surface area contributed by atoms with Crippen LogP contribution in [0.5, 0.6) is 17.2 Å². The topological polar surface area (TPSA) is 101 Å². The fourth-order valence-corrected chi connectivity index (χ4v) is 3.32. The Kier molecular flexibility index (Phi) is 7.20. The Bertz CT molecular complexity index is 1260. The van der Waals surface area contributed by atoms with E-state index in [1.165, 1.54) is 27.3 Å². The number of Topliss-reactive ketones (excluding diaryl/α,β-unsaturated/α-hetero) is 1. The smallest absolute Gasteiger partial charge is 0.340 e. The summed E-state index contributed by atoms with van der Waals surface area (Å²) in [5, 5.41) is 0.850. The van der Waals surface area contributed by atoms with E-state index in [0.29, 0.717) is 33.6 Å². The van der Waals surface area contributed by atoms with Crippen molar-refractivity contribution in [1.29, 1.82) is 0 Å². The standard InChI is InChI=1S/C26H27NO7/c1-7-33-25(30)20-14-27-23(19-13-22(32-6)21(31-5)12-18(19)20)24(29)16-9-8-10-17(11-16)34-26(3,4)15(2)28/h8-14H,7H2,1-6H3. The first-order valence-corrected chi connectivity index (χ1v) is 10.7. The molecule has 0 N–H and O–H groups in total. The number of ether oxygens (including phenoxy) is 4. The zero-order valence-electron chi connectivity index (χ0n) is 20.1. The van der Waals surface area contributed by atoms with E-state index in [1.807, 2.05) is 0 Å². The van der Waals surface area contributed by atoms with Gasteiger partial charge in [0.05, 0.1) is 26.4 Å². The van der Waals surface area contributed by atoms with E-state index in [-0.39, 0.29) is 23.6 Å². The summed E-state index contributed by atoms with van der Waals surface area (Å²) in [6.07, 6.45) is 1.32. The van der Waals surface area contributed by atoms with E-state index in [1.54, 1.807) is 57.2 Å². The van der Waals surface area contributed by atoms with Gasteiger partial charge in [-0.1, -0.05) is 12.1 Å². The van der Waals surface area contributed by atoms with Gasteiger partial charge in [-0.3, -0.25) is 14.6 Å². The molecule has 178 valence electrons. The molecule has 3 aromatic rings. The van der Waals surface area contributed by atoms with E-state index >= 15 is 0 Å². The van der Waals surface area contributed by atoms with Crippen LogP contribution >= 0.6 is 0 Å². The zero-order valence-corrected chi connectivity index (χ0v) is 20.1. The number of rotatable bonds is 9. The van der Waals surface area contributed by atoms with Crippen molar-refractivity contribution >= 4 is 28.3 Å². The Morgan fingerprint density at radius 3 is 2.21 bits per heavy atom. The van der Waals surface area contributed by atoms with E-state index in [0.717, 1.165) is 0 Å². The van der Waals surface area contributed by atoms with Crippen molar-refractivity contribution in [2.45, 2.75) is 33.3 Å². The van der Waals surface area contributed by atoms with Gasteiger partial charge in [0.1, 0.15) is 11.4 Å². The molecule has 2 aromatic carbocycles. The van der Waals surface area contributed by atoms with Crippen molar-refractivity contribution in [3.63, 3.8) is 0 Å². The lowest BCUT2D eigenvalue weighted by atomic mass is 9.98. The number of esters is 1. The number of aromatic nitrogens is 1. The Balaban J connectivity index is 2.15. The van der Waals surface area contributed by atoms with Gasteiger partial charge in [-0.2, -0.15) is 0 Å². The van der Waals surface area contributed by atoms with Gasteiger partial charge in [-0.15, -0.1) is 0 Å². The third kappa shape index (κ3) is 4.85. The molecular formula is C26H27NO7. The monoisotopic (exact) mass is 465 g/mol. The van der Waals surface area contributed by atoms with E-state index in [9.17, 15) is 14.4 Å². The van der Waals surface area contributed by atoms with E-state index in [2.05, 4.69) is 4.98 Å². The van der Waals surface area contributed by atoms with Gasteiger partial charge in [0.15, 0.2) is 22.9 Å². The van der Waals surface area contributed by atoms with Crippen LogP contribution in [0, 0.1) is 0 Å². The van der Waals surface area contributed by atoms with Gasteiger partial charge in [0.25, 0.3) is 0 Å². The molecule has 0 saturated heterocycles. The number of benzene rings is 2. The second kappa shape index (κ2) is 9.91. The van der Waals surface area contributed by atoms with Crippen molar-refractivity contribution in [1.82, 2.24) is 4.98 Å². The third-order valence-electron chi connectivity index (χ3n) is 5.42. The maximum atomic E-state index is 13.5. The summed E-state index contributed by atoms with van der Waals surface area (Å²) in [5.74, 6) is 0.0520. The van der Waals surface area contributed by atoms with Crippen LogP contribution in [0.1, 0.15) is 54.1 Å². The SMILES string of the molecule is CCOC(=O)c1cnc(C(=O)c2cccc(OC(C)(C)C(C)=O)c2)c2cc(OC)c(OC)cc12. The molecule has 0 unspecified atom stereocenters. The summed E-state index contributed by atoms with van der Waals surface area (Å²) in [6, 6.07) is 9.75. The first kappa shape index (κ1) is 24.7. The number of fused-ring (bicyclic) bond motifs is 1. The minimum atomic E-state index is -1.04. The molecule has 1 aromatic heterocycles. The summed E-state index contributed by atoms with van der Waals surface area (Å²) in [7, 11) is 2.96. The van der Waals surface area contributed by atoms with Crippen LogP contribution in [0.3, 0.4) is 0 Å². The summed E-state index contributed by atoms with van der Waals surface area (Å²) in [5.41, 5.74) is -0.413. The van der Waals surface area contributed by atoms with Gasteiger partial charge in [-0.05, 0) is 52.0 Å². The highest BCUT2D eigenvalue weighted by molar-refractivity contribution is 6.18. The normalized spacial score (nSPS) is 11.1. The first-order valence-electron chi connectivity index (χ1n) is 10.7. The predicted octanol–water partition coefficient (Wildman–Crippen LogP) is 4.41. The fraction of sp³-hybridized carbons (Fsp3) is 0.308. The number of carbonyl (C=O) groups excluding carboxylic acids is 3. The second-order valence-electron chi connectivity index (χ2n) is 8.02. The lowest BCUT2D eigenvalue weighted by Gasteiger charge is -2.23. The Morgan fingerprint density at radius 2 is 1.62 bits per heavy atom. The molecule has 0 spiro atoms. The molecule has 8 heteroatoms. The van der Waals surface area contributed by atoms with Gasteiger partial charge >= 0.3 is 5.97 Å². The molecule has 0 bridgehead atoms. The van der Waals surface area contributed by atoms with Gasteiger partial charge in [0.2, 0.25) is 5.78 Å². The van der Waals surface area contributed by atoms with Crippen molar-refractivity contribution in [3.05, 3.63) is 59.4 Å².